The predicted molar refractivity (Wildman–Crippen MR) is 133 cm³/mol. The second kappa shape index (κ2) is 9.32. The van der Waals surface area contributed by atoms with Crippen molar-refractivity contribution < 1.29 is 48.0 Å². The van der Waals surface area contributed by atoms with Crippen molar-refractivity contribution in [1.82, 2.24) is 10.2 Å². The van der Waals surface area contributed by atoms with Gasteiger partial charge < -0.3 is 31.5 Å². The van der Waals surface area contributed by atoms with Crippen molar-refractivity contribution in [2.24, 2.45) is 17.6 Å². The summed E-state index contributed by atoms with van der Waals surface area (Å²) in [5, 5.41) is 47.5. The number of aliphatic hydroxyl groups excluding tert-OH is 2. The summed E-state index contributed by atoms with van der Waals surface area (Å²) in [5.74, 6) is -8.97. The molecule has 0 spiro atoms. The molecule has 0 unspecified atom stereocenters. The zero-order chi connectivity index (χ0) is 29.5. The number of halogens is 3. The van der Waals surface area contributed by atoms with Crippen molar-refractivity contribution in [3.05, 3.63) is 51.0 Å². The van der Waals surface area contributed by atoms with E-state index >= 15 is 0 Å². The third-order valence-electron chi connectivity index (χ3n) is 8.78. The van der Waals surface area contributed by atoms with Crippen molar-refractivity contribution in [3.8, 4) is 5.75 Å². The molecule has 13 heteroatoms. The van der Waals surface area contributed by atoms with Crippen LogP contribution in [0.1, 0.15) is 52.7 Å². The molecule has 5 rings (SSSR count). The minimum absolute atomic E-state index is 0.0567. The topological polar surface area (TPSA) is 173 Å². The number of nitrogens with two attached hydrogens (primary N) is 1. The van der Waals surface area contributed by atoms with Crippen molar-refractivity contribution in [1.29, 1.82) is 0 Å². The van der Waals surface area contributed by atoms with E-state index in [0.717, 1.165) is 25.3 Å². The van der Waals surface area contributed by atoms with Gasteiger partial charge in [0.2, 0.25) is 5.78 Å². The van der Waals surface area contributed by atoms with Gasteiger partial charge >= 0.3 is 6.18 Å². The summed E-state index contributed by atoms with van der Waals surface area (Å²) in [6.45, 7) is -0.179. The number of aromatic hydroxyl groups is 1. The van der Waals surface area contributed by atoms with E-state index in [2.05, 4.69) is 5.32 Å². The molecule has 1 saturated carbocycles. The second-order valence-corrected chi connectivity index (χ2v) is 11.3. The molecule has 0 heterocycles. The third kappa shape index (κ3) is 3.93. The van der Waals surface area contributed by atoms with Crippen molar-refractivity contribution in [2.75, 3.05) is 14.1 Å². The monoisotopic (exact) mass is 565 g/mol. The fraction of sp³-hybridized carbons (Fsp3) is 0.519. The molecular formula is C27H30F3N3O7. The van der Waals surface area contributed by atoms with Crippen LogP contribution < -0.4 is 11.1 Å². The number of primary amides is 1. The number of amides is 1. The van der Waals surface area contributed by atoms with E-state index in [0.29, 0.717) is 0 Å². The number of phenols is 1. The predicted octanol–water partition coefficient (Wildman–Crippen LogP) is 1.78. The number of nitrogens with one attached hydrogen (secondary N) is 1. The van der Waals surface area contributed by atoms with Crippen LogP contribution in [0.3, 0.4) is 0 Å². The number of aliphatic hydroxyl groups is 3. The molecule has 0 aliphatic heterocycles. The molecule has 10 nitrogen and oxygen atoms in total. The van der Waals surface area contributed by atoms with E-state index in [-0.39, 0.29) is 24.6 Å². The molecule has 1 aromatic carbocycles. The first kappa shape index (κ1) is 28.1. The molecule has 1 amide bonds. The van der Waals surface area contributed by atoms with Gasteiger partial charge in [-0.1, -0.05) is 6.42 Å². The Labute approximate surface area is 227 Å². The summed E-state index contributed by atoms with van der Waals surface area (Å²) >= 11 is 0. The van der Waals surface area contributed by atoms with E-state index in [4.69, 9.17) is 5.73 Å². The lowest BCUT2D eigenvalue weighted by molar-refractivity contribution is -0.148. The van der Waals surface area contributed by atoms with Crippen LogP contribution in [0.2, 0.25) is 0 Å². The molecule has 216 valence electrons. The highest BCUT2D eigenvalue weighted by Crippen LogP contribution is 2.53. The molecule has 0 bridgehead atoms. The number of likely N-dealkylation sites (N-methyl/N-ethyl adjacent to an activating group) is 1. The van der Waals surface area contributed by atoms with E-state index in [1.54, 1.807) is 0 Å². The van der Waals surface area contributed by atoms with Crippen molar-refractivity contribution in [3.63, 3.8) is 0 Å². The van der Waals surface area contributed by atoms with Crippen LogP contribution in [-0.2, 0) is 28.7 Å². The van der Waals surface area contributed by atoms with Gasteiger partial charge in [-0.25, -0.2) is 0 Å². The number of fused-ring (bicyclic) bond motifs is 3. The molecular weight excluding hydrogens is 535 g/mol. The maximum atomic E-state index is 14.5. The maximum Gasteiger partial charge on any atom is 0.417 e. The van der Waals surface area contributed by atoms with Gasteiger partial charge in [-0.2, -0.15) is 13.2 Å². The molecule has 7 N–H and O–H groups in total. The number of hydrogen-bond acceptors (Lipinski definition) is 9. The molecule has 0 radical (unpaired) electrons. The number of carbonyl (C=O) groups is 3. The van der Waals surface area contributed by atoms with Gasteiger partial charge in [0, 0.05) is 24.1 Å². The van der Waals surface area contributed by atoms with E-state index in [1.165, 1.54) is 19.0 Å². The summed E-state index contributed by atoms with van der Waals surface area (Å²) in [5.41, 5.74) is -1.42. The first-order valence-corrected chi connectivity index (χ1v) is 12.9. The van der Waals surface area contributed by atoms with E-state index in [9.17, 15) is 48.0 Å². The van der Waals surface area contributed by atoms with Crippen LogP contribution in [0.25, 0.3) is 0 Å². The Kier molecular flexibility index (Phi) is 6.55. The van der Waals surface area contributed by atoms with E-state index in [1.807, 2.05) is 0 Å². The van der Waals surface area contributed by atoms with E-state index < -0.39 is 98.7 Å². The molecule has 0 aromatic heterocycles. The number of allylic oxidation sites excluding steroid dienone is 1. The Hall–Kier alpha value is -3.42. The molecule has 1 aromatic rings. The number of phenolic OH excluding ortho intramolecular Hbond substituents is 1. The summed E-state index contributed by atoms with van der Waals surface area (Å²) in [4.78, 5) is 40.4. The Morgan fingerprint density at radius 1 is 1.20 bits per heavy atom. The first-order chi connectivity index (χ1) is 18.6. The SMILES string of the molecule is CN(C)[C@@H]1C(O)=C(C(N)=O)C(=O)[C@@]2(O)C(O)=C3C(=O)c4c(O)cc(CNC5CCC5)c(C(F)(F)F)c4C[C@H]3C[C@@H]12. The normalized spacial score (nSPS) is 28.8. The smallest absolute Gasteiger partial charge is 0.417 e. The number of nitrogens with zero attached hydrogens (tertiary/aromatic N) is 1. The van der Waals surface area contributed by atoms with Gasteiger partial charge in [-0.15, -0.1) is 0 Å². The number of rotatable bonds is 5. The number of hydrogen-bond donors (Lipinski definition) is 6. The lowest BCUT2D eigenvalue weighted by Gasteiger charge is -2.50. The van der Waals surface area contributed by atoms with Gasteiger partial charge in [0.25, 0.3) is 5.91 Å². The fourth-order valence-electron chi connectivity index (χ4n) is 6.75. The molecule has 4 atom stereocenters. The molecule has 4 aliphatic carbocycles. The van der Waals surface area contributed by atoms with Gasteiger partial charge in [0.05, 0.1) is 17.2 Å². The Morgan fingerprint density at radius 3 is 2.38 bits per heavy atom. The summed E-state index contributed by atoms with van der Waals surface area (Å²) in [7, 11) is 2.93. The van der Waals surface area contributed by atoms with Crippen LogP contribution in [0.4, 0.5) is 13.2 Å². The quantitative estimate of drug-likeness (QED) is 0.291. The van der Waals surface area contributed by atoms with Gasteiger partial charge in [-0.3, -0.25) is 19.3 Å². The Bertz CT molecular complexity index is 1400. The maximum absolute atomic E-state index is 14.5. The third-order valence-corrected chi connectivity index (χ3v) is 8.78. The standard InChI is InChI=1S/C27H30F3N3O7/c1-33(2)20-14-7-10-6-13-17(15(34)8-11(19(13)27(28,29)30)9-32-12-4-3-5-12)21(35)16(10)23(37)26(14,40)24(38)18(22(20)36)25(31)39/h8,10,12,14,20,32,34,36-37,40H,3-7,9H2,1-2H3,(H2,31,39)/t10-,14-,20-,26-/m0/s1. The number of ketones is 2. The molecule has 0 saturated heterocycles. The zero-order valence-electron chi connectivity index (χ0n) is 21.8. The van der Waals surface area contributed by atoms with Gasteiger partial charge in [0.15, 0.2) is 11.4 Å². The summed E-state index contributed by atoms with van der Waals surface area (Å²) in [6.07, 6.45) is -3.01. The Balaban J connectivity index is 1.68. The van der Waals surface area contributed by atoms with Crippen LogP contribution in [0.15, 0.2) is 28.7 Å². The summed E-state index contributed by atoms with van der Waals surface area (Å²) in [6, 6.07) is -0.302. The molecule has 40 heavy (non-hydrogen) atoms. The van der Waals surface area contributed by atoms with Gasteiger partial charge in [0.1, 0.15) is 22.8 Å². The largest absolute Gasteiger partial charge is 0.510 e. The fourth-order valence-corrected chi connectivity index (χ4v) is 6.75. The molecule has 4 aliphatic rings. The van der Waals surface area contributed by atoms with Crippen LogP contribution in [-0.4, -0.2) is 74.6 Å². The first-order valence-electron chi connectivity index (χ1n) is 12.9. The highest BCUT2D eigenvalue weighted by atomic mass is 19.4. The average Bonchev–Trinajstić information content (AvgIpc) is 2.79. The number of carbonyl (C=O) groups excluding carboxylic acids is 3. The van der Waals surface area contributed by atoms with Crippen LogP contribution in [0.5, 0.6) is 5.75 Å². The minimum Gasteiger partial charge on any atom is -0.510 e. The molecule has 1 fully saturated rings. The number of benzene rings is 1. The lowest BCUT2D eigenvalue weighted by atomic mass is 9.58. The number of alkyl halides is 3. The van der Waals surface area contributed by atoms with Crippen molar-refractivity contribution in [2.45, 2.75) is 62.5 Å². The van der Waals surface area contributed by atoms with Gasteiger partial charge in [-0.05, 0) is 62.9 Å². The second-order valence-electron chi connectivity index (χ2n) is 11.3. The highest BCUT2D eigenvalue weighted by Gasteiger charge is 2.63. The zero-order valence-corrected chi connectivity index (χ0v) is 21.8. The van der Waals surface area contributed by atoms with Crippen LogP contribution in [0, 0.1) is 11.8 Å². The Morgan fingerprint density at radius 2 is 1.85 bits per heavy atom. The van der Waals surface area contributed by atoms with Crippen molar-refractivity contribution >= 4 is 17.5 Å². The van der Waals surface area contributed by atoms with Crippen LogP contribution >= 0.6 is 0 Å². The minimum atomic E-state index is -4.88. The highest BCUT2D eigenvalue weighted by molar-refractivity contribution is 6.24. The average molecular weight is 566 g/mol. The lowest BCUT2D eigenvalue weighted by Crippen LogP contribution is -2.63. The number of Topliss-reactive ketones (excluding diaryl/α,β-unsaturated/α-hetero) is 2. The summed E-state index contributed by atoms with van der Waals surface area (Å²) < 4.78 is 43.4.